The van der Waals surface area contributed by atoms with Crippen molar-refractivity contribution in [2.75, 3.05) is 0 Å². The molecule has 184 valence electrons. The van der Waals surface area contributed by atoms with E-state index in [1.807, 2.05) is 36.4 Å². The Kier molecular flexibility index (Phi) is 5.38. The highest BCUT2D eigenvalue weighted by Crippen LogP contribution is 2.41. The largest absolute Gasteiger partial charge is 0.277 e. The van der Waals surface area contributed by atoms with E-state index in [-0.39, 0.29) is 0 Å². The molecule has 0 atom stereocenters. The normalized spacial score (nSPS) is 11.9. The second kappa shape index (κ2) is 9.19. The third kappa shape index (κ3) is 3.57. The summed E-state index contributed by atoms with van der Waals surface area (Å²) in [4.78, 5) is 14.9. The van der Waals surface area contributed by atoms with Gasteiger partial charge in [0.2, 0.25) is 5.95 Å². The highest BCUT2D eigenvalue weighted by atomic mass is 15.2. The molecule has 0 saturated carbocycles. The molecule has 7 rings (SSSR count). The average Bonchev–Trinajstić information content (AvgIpc) is 3.36. The predicted molar refractivity (Wildman–Crippen MR) is 163 cm³/mol. The standard InChI is InChI=1S/C35H24N4/c1-3-14-23(4-2)33-36-34(24-15-6-5-7-16-24)38-35(37-33)39-30-22-13-12-21-29(30)31-27-19-10-8-17-25(27)26-18-9-11-20-28(26)32(31)39/h3-22H,1-2H2/b23-14+. The summed E-state index contributed by atoms with van der Waals surface area (Å²) in [5.74, 6) is 1.70. The van der Waals surface area contributed by atoms with Crippen molar-refractivity contribution in [1.29, 1.82) is 0 Å². The number of allylic oxidation sites excluding steroid dienone is 4. The Morgan fingerprint density at radius 2 is 1.23 bits per heavy atom. The summed E-state index contributed by atoms with van der Waals surface area (Å²) in [7, 11) is 0. The Hall–Kier alpha value is -5.35. The number of hydrogen-bond acceptors (Lipinski definition) is 3. The summed E-state index contributed by atoms with van der Waals surface area (Å²) in [6, 6.07) is 35.7. The maximum Gasteiger partial charge on any atom is 0.238 e. The molecule has 0 N–H and O–H groups in total. The minimum Gasteiger partial charge on any atom is -0.277 e. The van der Waals surface area contributed by atoms with E-state index in [4.69, 9.17) is 15.0 Å². The van der Waals surface area contributed by atoms with Crippen molar-refractivity contribution in [3.05, 3.63) is 140 Å². The molecule has 0 aliphatic carbocycles. The zero-order valence-corrected chi connectivity index (χ0v) is 21.3. The Morgan fingerprint density at radius 1 is 0.615 bits per heavy atom. The van der Waals surface area contributed by atoms with Gasteiger partial charge in [0.25, 0.3) is 0 Å². The molecule has 0 fully saturated rings. The van der Waals surface area contributed by atoms with E-state index >= 15 is 0 Å². The maximum atomic E-state index is 5.06. The highest BCUT2D eigenvalue weighted by molar-refractivity contribution is 6.32. The molecule has 4 nitrogen and oxygen atoms in total. The van der Waals surface area contributed by atoms with Gasteiger partial charge in [-0.1, -0.05) is 128 Å². The van der Waals surface area contributed by atoms with Crippen molar-refractivity contribution in [1.82, 2.24) is 19.5 Å². The number of para-hydroxylation sites is 1. The van der Waals surface area contributed by atoms with E-state index in [1.165, 1.54) is 21.5 Å². The van der Waals surface area contributed by atoms with Crippen LogP contribution in [0.5, 0.6) is 0 Å². The smallest absolute Gasteiger partial charge is 0.238 e. The molecular formula is C35H24N4. The van der Waals surface area contributed by atoms with Crippen LogP contribution in [-0.4, -0.2) is 19.5 Å². The second-order valence-electron chi connectivity index (χ2n) is 9.38. The van der Waals surface area contributed by atoms with Gasteiger partial charge in [0.15, 0.2) is 11.6 Å². The van der Waals surface area contributed by atoms with Gasteiger partial charge in [-0.05, 0) is 22.2 Å². The Morgan fingerprint density at radius 3 is 1.95 bits per heavy atom. The third-order valence-corrected chi connectivity index (χ3v) is 7.17. The van der Waals surface area contributed by atoms with Crippen LogP contribution in [0.4, 0.5) is 0 Å². The molecule has 5 aromatic carbocycles. The number of nitrogens with zero attached hydrogens (tertiary/aromatic N) is 4. The molecule has 0 spiro atoms. The summed E-state index contributed by atoms with van der Waals surface area (Å²) in [6.45, 7) is 7.87. The molecule has 2 heterocycles. The SMILES string of the molecule is C=C/C=C(\C=C)c1nc(-c2ccccc2)nc(-n2c3ccccc3c3c4ccccc4c4ccccc4c32)n1. The van der Waals surface area contributed by atoms with Crippen LogP contribution in [0.2, 0.25) is 0 Å². The van der Waals surface area contributed by atoms with Crippen molar-refractivity contribution in [3.8, 4) is 17.3 Å². The molecule has 7 aromatic rings. The van der Waals surface area contributed by atoms with Gasteiger partial charge in [-0.15, -0.1) is 0 Å². The summed E-state index contributed by atoms with van der Waals surface area (Å²) < 4.78 is 2.19. The molecule has 0 amide bonds. The van der Waals surface area contributed by atoms with Crippen LogP contribution in [0.15, 0.2) is 135 Å². The van der Waals surface area contributed by atoms with Crippen LogP contribution in [-0.2, 0) is 0 Å². The zero-order valence-electron chi connectivity index (χ0n) is 21.3. The Balaban J connectivity index is 1.69. The van der Waals surface area contributed by atoms with Crippen molar-refractivity contribution in [3.63, 3.8) is 0 Å². The molecule has 0 aliphatic rings. The Bertz CT molecular complexity index is 2100. The van der Waals surface area contributed by atoms with Gasteiger partial charge in [0.05, 0.1) is 11.0 Å². The van der Waals surface area contributed by atoms with Crippen LogP contribution in [0, 0.1) is 0 Å². The monoisotopic (exact) mass is 500 g/mol. The van der Waals surface area contributed by atoms with Crippen molar-refractivity contribution in [2.45, 2.75) is 0 Å². The molecule has 0 aliphatic heterocycles. The summed E-state index contributed by atoms with van der Waals surface area (Å²) in [5, 5.41) is 7.12. The molecule has 4 heteroatoms. The first-order valence-corrected chi connectivity index (χ1v) is 12.9. The van der Waals surface area contributed by atoms with Gasteiger partial charge in [-0.3, -0.25) is 4.57 Å². The highest BCUT2D eigenvalue weighted by Gasteiger charge is 2.21. The lowest BCUT2D eigenvalue weighted by atomic mass is 9.97. The van der Waals surface area contributed by atoms with E-state index in [0.29, 0.717) is 17.6 Å². The van der Waals surface area contributed by atoms with E-state index in [2.05, 4.69) is 90.5 Å². The minimum atomic E-state index is 0.546. The van der Waals surface area contributed by atoms with E-state index in [0.717, 1.165) is 32.9 Å². The zero-order chi connectivity index (χ0) is 26.3. The van der Waals surface area contributed by atoms with Gasteiger partial charge >= 0.3 is 0 Å². The first-order valence-electron chi connectivity index (χ1n) is 12.9. The Labute approximate surface area is 225 Å². The van der Waals surface area contributed by atoms with Crippen LogP contribution < -0.4 is 0 Å². The maximum absolute atomic E-state index is 5.06. The van der Waals surface area contributed by atoms with Crippen LogP contribution in [0.1, 0.15) is 5.82 Å². The van der Waals surface area contributed by atoms with Crippen LogP contribution in [0.25, 0.3) is 66.3 Å². The summed E-state index contributed by atoms with van der Waals surface area (Å²) >= 11 is 0. The van der Waals surface area contributed by atoms with Gasteiger partial charge in [0, 0.05) is 27.3 Å². The summed E-state index contributed by atoms with van der Waals surface area (Å²) in [5.41, 5.74) is 3.81. The van der Waals surface area contributed by atoms with Gasteiger partial charge < -0.3 is 0 Å². The number of rotatable bonds is 5. The molecule has 0 unspecified atom stereocenters. The van der Waals surface area contributed by atoms with Crippen molar-refractivity contribution < 1.29 is 0 Å². The first kappa shape index (κ1) is 22.8. The molecule has 0 radical (unpaired) electrons. The third-order valence-electron chi connectivity index (χ3n) is 7.17. The topological polar surface area (TPSA) is 43.6 Å². The minimum absolute atomic E-state index is 0.546. The lowest BCUT2D eigenvalue weighted by molar-refractivity contribution is 0.934. The lowest BCUT2D eigenvalue weighted by Crippen LogP contribution is -2.08. The first-order chi connectivity index (χ1) is 19.3. The second-order valence-corrected chi connectivity index (χ2v) is 9.38. The summed E-state index contributed by atoms with van der Waals surface area (Å²) in [6.07, 6.45) is 5.35. The molecule has 39 heavy (non-hydrogen) atoms. The fraction of sp³-hybridized carbons (Fsp3) is 0. The number of hydrogen-bond donors (Lipinski definition) is 0. The van der Waals surface area contributed by atoms with E-state index in [1.54, 1.807) is 12.2 Å². The molecule has 0 saturated heterocycles. The lowest BCUT2D eigenvalue weighted by Gasteiger charge is -2.13. The number of benzene rings is 5. The molecule has 0 bridgehead atoms. The number of aromatic nitrogens is 4. The van der Waals surface area contributed by atoms with E-state index < -0.39 is 0 Å². The fourth-order valence-electron chi connectivity index (χ4n) is 5.51. The average molecular weight is 501 g/mol. The van der Waals surface area contributed by atoms with Crippen molar-refractivity contribution >= 4 is 48.9 Å². The van der Waals surface area contributed by atoms with Gasteiger partial charge in [-0.2, -0.15) is 9.97 Å². The fourth-order valence-corrected chi connectivity index (χ4v) is 5.51. The number of fused-ring (bicyclic) bond motifs is 8. The van der Waals surface area contributed by atoms with E-state index in [9.17, 15) is 0 Å². The molecule has 2 aromatic heterocycles. The van der Waals surface area contributed by atoms with Gasteiger partial charge in [0.1, 0.15) is 0 Å². The molecular weight excluding hydrogens is 476 g/mol. The predicted octanol–water partition coefficient (Wildman–Crippen LogP) is 8.70. The van der Waals surface area contributed by atoms with Crippen LogP contribution >= 0.6 is 0 Å². The van der Waals surface area contributed by atoms with Crippen molar-refractivity contribution in [2.24, 2.45) is 0 Å². The van der Waals surface area contributed by atoms with Gasteiger partial charge in [-0.25, -0.2) is 4.98 Å². The van der Waals surface area contributed by atoms with Crippen LogP contribution in [0.3, 0.4) is 0 Å². The quantitative estimate of drug-likeness (QED) is 0.175.